The molecule has 138 valence electrons. The first-order valence-corrected chi connectivity index (χ1v) is 8.98. The van der Waals surface area contributed by atoms with Crippen LogP contribution < -0.4 is 14.9 Å². The smallest absolute Gasteiger partial charge is 0.161 e. The van der Waals surface area contributed by atoms with E-state index in [4.69, 9.17) is 14.5 Å². The summed E-state index contributed by atoms with van der Waals surface area (Å²) in [6, 6.07) is 6.12. The summed E-state index contributed by atoms with van der Waals surface area (Å²) in [6.07, 6.45) is 5.96. The maximum atomic E-state index is 9.64. The maximum absolute atomic E-state index is 9.64. The molecule has 0 bridgehead atoms. The molecule has 1 saturated carbocycles. The van der Waals surface area contributed by atoms with Crippen LogP contribution in [0.3, 0.4) is 0 Å². The van der Waals surface area contributed by atoms with Gasteiger partial charge >= 0.3 is 0 Å². The number of hydrogen-bond acceptors (Lipinski definition) is 5. The molecular weight excluding hydrogens is 332 g/mol. The normalized spacial score (nSPS) is 23.6. The van der Waals surface area contributed by atoms with Gasteiger partial charge in [0, 0.05) is 5.56 Å². The number of nitrogens with zero attached hydrogens (tertiary/aromatic N) is 3. The van der Waals surface area contributed by atoms with Gasteiger partial charge in [-0.15, -0.1) is 0 Å². The number of aliphatic hydroxyl groups excluding tert-OH is 1. The van der Waals surface area contributed by atoms with Crippen LogP contribution in [-0.2, 0) is 6.42 Å². The second kappa shape index (κ2) is 6.99. The summed E-state index contributed by atoms with van der Waals surface area (Å²) >= 11 is 0. The van der Waals surface area contributed by atoms with Crippen molar-refractivity contribution in [2.24, 2.45) is 4.99 Å². The first kappa shape index (κ1) is 16.9. The Morgan fingerprint density at radius 1 is 1.15 bits per heavy atom. The van der Waals surface area contributed by atoms with Gasteiger partial charge in [0.2, 0.25) is 0 Å². The average molecular weight is 356 g/mol. The van der Waals surface area contributed by atoms with Gasteiger partial charge < -0.3 is 14.6 Å². The van der Waals surface area contributed by atoms with Crippen molar-refractivity contribution in [2.45, 2.75) is 44.2 Å². The minimum absolute atomic E-state index is 0.157. The van der Waals surface area contributed by atoms with Crippen molar-refractivity contribution >= 4 is 5.84 Å². The van der Waals surface area contributed by atoms with Crippen LogP contribution in [0.15, 0.2) is 29.4 Å². The van der Waals surface area contributed by atoms with Gasteiger partial charge in [-0.25, -0.2) is 9.66 Å². The summed E-state index contributed by atoms with van der Waals surface area (Å²) in [5.41, 5.74) is 5.34. The van der Waals surface area contributed by atoms with E-state index < -0.39 is 0 Å². The second-order valence-corrected chi connectivity index (χ2v) is 6.79. The number of hydrogen-bond donors (Lipinski definition) is 2. The zero-order chi connectivity index (χ0) is 18.1. The fourth-order valence-electron chi connectivity index (χ4n) is 3.64. The molecule has 0 unspecified atom stereocenters. The highest BCUT2D eigenvalue weighted by Crippen LogP contribution is 2.33. The first-order chi connectivity index (χ1) is 12.7. The van der Waals surface area contributed by atoms with E-state index in [1.807, 2.05) is 29.1 Å². The van der Waals surface area contributed by atoms with Crippen LogP contribution in [0.2, 0.25) is 0 Å². The van der Waals surface area contributed by atoms with E-state index in [9.17, 15) is 5.11 Å². The van der Waals surface area contributed by atoms with Gasteiger partial charge in [0.25, 0.3) is 0 Å². The number of nitrogens with one attached hydrogen (secondary N) is 1. The summed E-state index contributed by atoms with van der Waals surface area (Å²) in [4.78, 5) is 9.38. The number of amidine groups is 1. The number of aromatic nitrogens is 2. The number of imidazole rings is 1. The summed E-state index contributed by atoms with van der Waals surface area (Å²) in [6.45, 7) is 0. The zero-order valence-corrected chi connectivity index (χ0v) is 15.1. The highest BCUT2D eigenvalue weighted by Gasteiger charge is 2.24. The first-order valence-electron chi connectivity index (χ1n) is 8.98. The molecule has 4 rings (SSSR count). The van der Waals surface area contributed by atoms with E-state index in [0.717, 1.165) is 48.6 Å². The SMILES string of the molecule is COc1ccc(-c2cnc3n2NC(=NC2CCC(O)CC2)C3)cc1OC. The van der Waals surface area contributed by atoms with Crippen molar-refractivity contribution in [2.75, 3.05) is 19.6 Å². The van der Waals surface area contributed by atoms with E-state index in [1.165, 1.54) is 0 Å². The van der Waals surface area contributed by atoms with Crippen molar-refractivity contribution in [3.05, 3.63) is 30.2 Å². The largest absolute Gasteiger partial charge is 0.493 e. The van der Waals surface area contributed by atoms with Crippen LogP contribution in [0.1, 0.15) is 31.5 Å². The summed E-state index contributed by atoms with van der Waals surface area (Å²) in [5, 5.41) is 9.64. The molecule has 0 spiro atoms. The molecule has 2 aliphatic rings. The second-order valence-electron chi connectivity index (χ2n) is 6.79. The lowest BCUT2D eigenvalue weighted by Gasteiger charge is -2.22. The molecule has 2 N–H and O–H groups in total. The molecular formula is C19H24N4O3. The highest BCUT2D eigenvalue weighted by atomic mass is 16.5. The van der Waals surface area contributed by atoms with E-state index in [0.29, 0.717) is 17.9 Å². The summed E-state index contributed by atoms with van der Waals surface area (Å²) < 4.78 is 12.7. The van der Waals surface area contributed by atoms with Gasteiger partial charge in [-0.05, 0) is 43.9 Å². The van der Waals surface area contributed by atoms with Crippen LogP contribution in [0, 0.1) is 0 Å². The Balaban J connectivity index is 1.55. The van der Waals surface area contributed by atoms with Crippen molar-refractivity contribution < 1.29 is 14.6 Å². The molecule has 7 heteroatoms. The van der Waals surface area contributed by atoms with Crippen molar-refractivity contribution in [1.82, 2.24) is 9.66 Å². The quantitative estimate of drug-likeness (QED) is 0.879. The van der Waals surface area contributed by atoms with Gasteiger partial charge in [0.1, 0.15) is 11.7 Å². The van der Waals surface area contributed by atoms with Crippen LogP contribution in [0.5, 0.6) is 11.5 Å². The van der Waals surface area contributed by atoms with Gasteiger partial charge in [0.15, 0.2) is 11.5 Å². The third-order valence-corrected chi connectivity index (χ3v) is 5.09. The predicted octanol–water partition coefficient (Wildman–Crippen LogP) is 2.37. The molecule has 1 aliphatic heterocycles. The molecule has 1 aliphatic carbocycles. The number of rotatable bonds is 4. The lowest BCUT2D eigenvalue weighted by Crippen LogP contribution is -2.24. The highest BCUT2D eigenvalue weighted by molar-refractivity contribution is 5.94. The molecule has 2 aromatic rings. The third-order valence-electron chi connectivity index (χ3n) is 5.09. The third kappa shape index (κ3) is 3.14. The number of ether oxygens (including phenoxy) is 2. The molecule has 1 aromatic carbocycles. The monoisotopic (exact) mass is 356 g/mol. The Morgan fingerprint density at radius 3 is 2.65 bits per heavy atom. The fraction of sp³-hybridized carbons (Fsp3) is 0.474. The number of benzene rings is 1. The molecule has 0 saturated heterocycles. The number of aliphatic imine (C=N–C) groups is 1. The van der Waals surface area contributed by atoms with E-state index in [2.05, 4.69) is 10.4 Å². The Labute approximate surface area is 152 Å². The fourth-order valence-corrected chi connectivity index (χ4v) is 3.64. The Bertz CT molecular complexity index is 822. The van der Waals surface area contributed by atoms with E-state index >= 15 is 0 Å². The van der Waals surface area contributed by atoms with E-state index in [-0.39, 0.29) is 12.1 Å². The Kier molecular flexibility index (Phi) is 4.55. The van der Waals surface area contributed by atoms with Crippen molar-refractivity contribution in [1.29, 1.82) is 0 Å². The molecule has 1 fully saturated rings. The Hall–Kier alpha value is -2.54. The summed E-state index contributed by atoms with van der Waals surface area (Å²) in [7, 11) is 3.26. The van der Waals surface area contributed by atoms with Gasteiger partial charge in [0.05, 0.1) is 44.7 Å². The number of fused-ring (bicyclic) bond motifs is 1. The minimum Gasteiger partial charge on any atom is -0.493 e. The van der Waals surface area contributed by atoms with Crippen LogP contribution >= 0.6 is 0 Å². The van der Waals surface area contributed by atoms with Gasteiger partial charge in [-0.3, -0.25) is 10.4 Å². The Morgan fingerprint density at radius 2 is 1.92 bits per heavy atom. The van der Waals surface area contributed by atoms with Gasteiger partial charge in [-0.1, -0.05) is 0 Å². The molecule has 0 radical (unpaired) electrons. The summed E-state index contributed by atoms with van der Waals surface area (Å²) in [5.74, 6) is 3.28. The molecule has 7 nitrogen and oxygen atoms in total. The topological polar surface area (TPSA) is 80.9 Å². The molecule has 26 heavy (non-hydrogen) atoms. The number of aliphatic hydroxyl groups is 1. The lowest BCUT2D eigenvalue weighted by atomic mass is 9.93. The maximum Gasteiger partial charge on any atom is 0.161 e. The number of methoxy groups -OCH3 is 2. The molecule has 1 aromatic heterocycles. The van der Waals surface area contributed by atoms with Crippen molar-refractivity contribution in [3.63, 3.8) is 0 Å². The van der Waals surface area contributed by atoms with Crippen molar-refractivity contribution in [3.8, 4) is 22.8 Å². The predicted molar refractivity (Wildman–Crippen MR) is 99.5 cm³/mol. The standard InChI is InChI=1S/C19H24N4O3/c1-25-16-8-3-12(9-17(16)26-2)15-11-20-19-10-18(22-23(15)19)21-13-4-6-14(24)7-5-13/h3,8-9,11,13-14,24H,4-7,10H2,1-2H3,(H,21,22). The van der Waals surface area contributed by atoms with E-state index in [1.54, 1.807) is 14.2 Å². The van der Waals surface area contributed by atoms with Crippen LogP contribution in [-0.4, -0.2) is 47.0 Å². The molecule has 0 amide bonds. The molecule has 2 heterocycles. The zero-order valence-electron chi connectivity index (χ0n) is 15.1. The van der Waals surface area contributed by atoms with Crippen LogP contribution in [0.4, 0.5) is 0 Å². The molecule has 0 atom stereocenters. The van der Waals surface area contributed by atoms with Gasteiger partial charge in [-0.2, -0.15) is 0 Å². The van der Waals surface area contributed by atoms with Crippen LogP contribution in [0.25, 0.3) is 11.3 Å². The minimum atomic E-state index is -0.157. The lowest BCUT2D eigenvalue weighted by molar-refractivity contribution is 0.123. The average Bonchev–Trinajstić information content (AvgIpc) is 3.23.